The van der Waals surface area contributed by atoms with E-state index in [2.05, 4.69) is 31.1 Å². The van der Waals surface area contributed by atoms with Gasteiger partial charge in [-0.15, -0.1) is 0 Å². The molecule has 0 spiro atoms. The molecule has 2 rings (SSSR count). The quantitative estimate of drug-likeness (QED) is 0.902. The van der Waals surface area contributed by atoms with Crippen molar-refractivity contribution < 1.29 is 4.79 Å². The van der Waals surface area contributed by atoms with Crippen LogP contribution in [0.25, 0.3) is 0 Å². The van der Waals surface area contributed by atoms with E-state index in [1.54, 1.807) is 12.3 Å². The highest BCUT2D eigenvalue weighted by Crippen LogP contribution is 2.26. The van der Waals surface area contributed by atoms with Crippen LogP contribution in [0.2, 0.25) is 5.02 Å². The van der Waals surface area contributed by atoms with Gasteiger partial charge in [0.25, 0.3) is 5.91 Å². The normalized spacial score (nSPS) is 18.3. The maximum Gasteiger partial charge on any atom is 0.255 e. The van der Waals surface area contributed by atoms with Gasteiger partial charge in [-0.2, -0.15) is 0 Å². The Morgan fingerprint density at radius 3 is 2.90 bits per heavy atom. The van der Waals surface area contributed by atoms with Gasteiger partial charge in [0.1, 0.15) is 5.82 Å². The molecule has 2 heterocycles. The molecule has 0 aromatic carbocycles. The topological polar surface area (TPSA) is 45.2 Å². The lowest BCUT2D eigenvalue weighted by atomic mass is 9.95. The number of hydrogen-bond donors (Lipinski definition) is 1. The van der Waals surface area contributed by atoms with E-state index in [0.29, 0.717) is 28.2 Å². The first-order valence-corrected chi connectivity index (χ1v) is 8.09. The van der Waals surface area contributed by atoms with Crippen LogP contribution in [0.4, 0.5) is 5.82 Å². The molecule has 116 valence electrons. The van der Waals surface area contributed by atoms with Gasteiger partial charge in [0.05, 0.1) is 10.6 Å². The van der Waals surface area contributed by atoms with Crippen LogP contribution >= 0.6 is 11.6 Å². The fourth-order valence-corrected chi connectivity index (χ4v) is 2.86. The average Bonchev–Trinajstić information content (AvgIpc) is 2.95. The SMILES string of the molecule is CCCNc1ncc(C(=O)N2CCC(C(C)C)C2)cc1Cl. The maximum absolute atomic E-state index is 12.5. The molecule has 0 radical (unpaired) electrons. The Bertz CT molecular complexity index is 504. The number of carbonyl (C=O) groups is 1. The summed E-state index contributed by atoms with van der Waals surface area (Å²) < 4.78 is 0. The molecule has 1 aliphatic heterocycles. The predicted molar refractivity (Wildman–Crippen MR) is 86.9 cm³/mol. The number of nitrogens with one attached hydrogen (secondary N) is 1. The van der Waals surface area contributed by atoms with Crippen LogP contribution in [-0.2, 0) is 0 Å². The third-order valence-electron chi connectivity index (χ3n) is 4.09. The van der Waals surface area contributed by atoms with Crippen LogP contribution in [0.1, 0.15) is 44.0 Å². The molecule has 1 aromatic heterocycles. The van der Waals surface area contributed by atoms with E-state index in [-0.39, 0.29) is 5.91 Å². The molecular formula is C16H24ClN3O. The summed E-state index contributed by atoms with van der Waals surface area (Å²) in [7, 11) is 0. The zero-order valence-electron chi connectivity index (χ0n) is 13.0. The van der Waals surface area contributed by atoms with Gasteiger partial charge in [0, 0.05) is 25.8 Å². The number of pyridine rings is 1. The van der Waals surface area contributed by atoms with E-state index >= 15 is 0 Å². The second-order valence-electron chi connectivity index (χ2n) is 6.03. The number of amides is 1. The summed E-state index contributed by atoms with van der Waals surface area (Å²) in [6.07, 6.45) is 3.71. The molecule has 1 amide bonds. The molecular weight excluding hydrogens is 286 g/mol. The zero-order valence-corrected chi connectivity index (χ0v) is 13.8. The van der Waals surface area contributed by atoms with Crippen molar-refractivity contribution in [3.8, 4) is 0 Å². The number of rotatable bonds is 5. The Hall–Kier alpha value is -1.29. The van der Waals surface area contributed by atoms with Crippen LogP contribution < -0.4 is 5.32 Å². The summed E-state index contributed by atoms with van der Waals surface area (Å²) in [4.78, 5) is 18.7. The lowest BCUT2D eigenvalue weighted by molar-refractivity contribution is 0.0783. The molecule has 1 aliphatic rings. The van der Waals surface area contributed by atoms with Gasteiger partial charge >= 0.3 is 0 Å². The van der Waals surface area contributed by atoms with Crippen molar-refractivity contribution in [2.75, 3.05) is 25.0 Å². The van der Waals surface area contributed by atoms with Gasteiger partial charge in [-0.1, -0.05) is 32.4 Å². The van der Waals surface area contributed by atoms with Crippen LogP contribution in [-0.4, -0.2) is 35.4 Å². The van der Waals surface area contributed by atoms with Crippen molar-refractivity contribution in [1.29, 1.82) is 0 Å². The minimum absolute atomic E-state index is 0.0367. The van der Waals surface area contributed by atoms with E-state index in [1.807, 2.05) is 4.90 Å². The van der Waals surface area contributed by atoms with E-state index in [4.69, 9.17) is 11.6 Å². The highest BCUT2D eigenvalue weighted by atomic mass is 35.5. The Kier molecular flexibility index (Phi) is 5.45. The lowest BCUT2D eigenvalue weighted by Crippen LogP contribution is -2.29. The Labute approximate surface area is 131 Å². The average molecular weight is 310 g/mol. The fraction of sp³-hybridized carbons (Fsp3) is 0.625. The van der Waals surface area contributed by atoms with Crippen molar-refractivity contribution in [2.24, 2.45) is 11.8 Å². The molecule has 5 heteroatoms. The largest absolute Gasteiger partial charge is 0.369 e. The van der Waals surface area contributed by atoms with Crippen LogP contribution in [0.5, 0.6) is 0 Å². The minimum Gasteiger partial charge on any atom is -0.369 e. The van der Waals surface area contributed by atoms with E-state index in [9.17, 15) is 4.79 Å². The summed E-state index contributed by atoms with van der Waals surface area (Å²) in [6, 6.07) is 1.72. The molecule has 0 bridgehead atoms. The van der Waals surface area contributed by atoms with E-state index in [0.717, 1.165) is 32.5 Å². The minimum atomic E-state index is 0.0367. The molecule has 21 heavy (non-hydrogen) atoms. The molecule has 4 nitrogen and oxygen atoms in total. The number of nitrogens with zero attached hydrogens (tertiary/aromatic N) is 2. The molecule has 0 aliphatic carbocycles. The van der Waals surface area contributed by atoms with Crippen molar-refractivity contribution in [3.63, 3.8) is 0 Å². The molecule has 1 saturated heterocycles. The Morgan fingerprint density at radius 2 is 2.33 bits per heavy atom. The third kappa shape index (κ3) is 3.88. The number of anilines is 1. The maximum atomic E-state index is 12.5. The van der Waals surface area contributed by atoms with Crippen LogP contribution in [0, 0.1) is 11.8 Å². The molecule has 0 saturated carbocycles. The Morgan fingerprint density at radius 1 is 1.57 bits per heavy atom. The first-order valence-electron chi connectivity index (χ1n) is 7.71. The first kappa shape index (κ1) is 16.1. The van der Waals surface area contributed by atoms with Gasteiger partial charge in [-0.25, -0.2) is 4.98 Å². The third-order valence-corrected chi connectivity index (χ3v) is 4.37. The highest BCUT2D eigenvalue weighted by Gasteiger charge is 2.29. The molecule has 1 N–H and O–H groups in total. The number of hydrogen-bond acceptors (Lipinski definition) is 3. The Balaban J connectivity index is 2.05. The van der Waals surface area contributed by atoms with Crippen LogP contribution in [0.15, 0.2) is 12.3 Å². The van der Waals surface area contributed by atoms with Crippen molar-refractivity contribution in [3.05, 3.63) is 22.8 Å². The molecule has 1 unspecified atom stereocenters. The van der Waals surface area contributed by atoms with Crippen molar-refractivity contribution in [1.82, 2.24) is 9.88 Å². The monoisotopic (exact) mass is 309 g/mol. The second-order valence-corrected chi connectivity index (χ2v) is 6.43. The molecule has 1 fully saturated rings. The van der Waals surface area contributed by atoms with Crippen molar-refractivity contribution in [2.45, 2.75) is 33.6 Å². The number of aromatic nitrogens is 1. The summed E-state index contributed by atoms with van der Waals surface area (Å²) in [6.45, 7) is 9.00. The van der Waals surface area contributed by atoms with Gasteiger partial charge in [0.15, 0.2) is 0 Å². The highest BCUT2D eigenvalue weighted by molar-refractivity contribution is 6.33. The molecule has 1 atom stereocenters. The van der Waals surface area contributed by atoms with Gasteiger partial charge in [-0.05, 0) is 30.7 Å². The van der Waals surface area contributed by atoms with E-state index < -0.39 is 0 Å². The summed E-state index contributed by atoms with van der Waals surface area (Å²) in [5, 5.41) is 3.66. The van der Waals surface area contributed by atoms with Gasteiger partial charge < -0.3 is 10.2 Å². The second kappa shape index (κ2) is 7.12. The summed E-state index contributed by atoms with van der Waals surface area (Å²) >= 11 is 6.20. The smallest absolute Gasteiger partial charge is 0.255 e. The number of carbonyl (C=O) groups excluding carboxylic acids is 1. The van der Waals surface area contributed by atoms with Gasteiger partial charge in [-0.3, -0.25) is 4.79 Å². The zero-order chi connectivity index (χ0) is 15.4. The predicted octanol–water partition coefficient (Wildman–Crippen LogP) is 3.68. The fourth-order valence-electron chi connectivity index (χ4n) is 2.63. The lowest BCUT2D eigenvalue weighted by Gasteiger charge is -2.18. The van der Waals surface area contributed by atoms with E-state index in [1.165, 1.54) is 0 Å². The van der Waals surface area contributed by atoms with Gasteiger partial charge in [0.2, 0.25) is 0 Å². The van der Waals surface area contributed by atoms with Crippen molar-refractivity contribution >= 4 is 23.3 Å². The summed E-state index contributed by atoms with van der Waals surface area (Å²) in [5.74, 6) is 1.90. The standard InChI is InChI=1S/C16H24ClN3O/c1-4-6-18-15-14(17)8-13(9-19-15)16(21)20-7-5-12(10-20)11(2)3/h8-9,11-12H,4-7,10H2,1-3H3,(H,18,19). The number of halogens is 1. The first-order chi connectivity index (χ1) is 10.0. The molecule has 1 aromatic rings. The number of likely N-dealkylation sites (tertiary alicyclic amines) is 1. The van der Waals surface area contributed by atoms with Crippen LogP contribution in [0.3, 0.4) is 0 Å². The summed E-state index contributed by atoms with van der Waals surface area (Å²) in [5.41, 5.74) is 0.575.